The molecule has 0 spiro atoms. The predicted molar refractivity (Wildman–Crippen MR) is 83.7 cm³/mol. The van der Waals surface area contributed by atoms with Crippen LogP contribution >= 0.6 is 28.3 Å². The molecule has 0 bridgehead atoms. The van der Waals surface area contributed by atoms with Crippen molar-refractivity contribution in [2.75, 3.05) is 13.2 Å². The number of carbonyl (C=O) groups is 1. The second-order valence-electron chi connectivity index (χ2n) is 5.37. The van der Waals surface area contributed by atoms with E-state index >= 15 is 0 Å². The van der Waals surface area contributed by atoms with Crippen LogP contribution in [0.1, 0.15) is 24.4 Å². The average Bonchev–Trinajstić information content (AvgIpc) is 2.80. The Labute approximate surface area is 141 Å². The number of fused-ring (bicyclic) bond motifs is 1. The second kappa shape index (κ2) is 6.68. The van der Waals surface area contributed by atoms with E-state index in [1.807, 2.05) is 18.2 Å². The summed E-state index contributed by atoms with van der Waals surface area (Å²) in [6.07, 6.45) is 0.172. The van der Waals surface area contributed by atoms with Crippen molar-refractivity contribution in [1.82, 2.24) is 10.6 Å². The summed E-state index contributed by atoms with van der Waals surface area (Å²) in [6.45, 7) is 0.0504. The fourth-order valence-electron chi connectivity index (χ4n) is 2.69. The molecule has 0 saturated carbocycles. The maximum absolute atomic E-state index is 13.2. The van der Waals surface area contributed by atoms with Gasteiger partial charge in [-0.3, -0.25) is 10.1 Å². The molecular formula is C14H16BrClF2N2O2. The first kappa shape index (κ1) is 17.4. The number of rotatable bonds is 2. The van der Waals surface area contributed by atoms with Crippen molar-refractivity contribution in [2.45, 2.75) is 30.8 Å². The Hall–Kier alpha value is -0.920. The third kappa shape index (κ3) is 3.70. The van der Waals surface area contributed by atoms with Crippen LogP contribution in [0.5, 0.6) is 5.75 Å². The molecule has 2 aliphatic heterocycles. The number of hydrogen-bond acceptors (Lipinski definition) is 3. The van der Waals surface area contributed by atoms with Crippen molar-refractivity contribution >= 4 is 34.2 Å². The largest absolute Gasteiger partial charge is 0.493 e. The lowest BCUT2D eigenvalue weighted by Crippen LogP contribution is -2.43. The van der Waals surface area contributed by atoms with Crippen molar-refractivity contribution in [2.24, 2.45) is 0 Å². The number of benzene rings is 1. The first-order chi connectivity index (χ1) is 9.94. The van der Waals surface area contributed by atoms with Crippen molar-refractivity contribution in [1.29, 1.82) is 0 Å². The summed E-state index contributed by atoms with van der Waals surface area (Å²) in [6, 6.07) is 4.53. The molecule has 22 heavy (non-hydrogen) atoms. The van der Waals surface area contributed by atoms with Crippen molar-refractivity contribution < 1.29 is 18.3 Å². The van der Waals surface area contributed by atoms with Crippen LogP contribution in [-0.2, 0) is 4.79 Å². The maximum atomic E-state index is 13.2. The molecule has 0 radical (unpaired) electrons. The predicted octanol–water partition coefficient (Wildman–Crippen LogP) is 2.81. The zero-order chi connectivity index (χ0) is 15.0. The Balaban J connectivity index is 0.00000176. The van der Waals surface area contributed by atoms with Gasteiger partial charge in [0.15, 0.2) is 0 Å². The third-order valence-corrected chi connectivity index (χ3v) is 4.25. The minimum Gasteiger partial charge on any atom is -0.493 e. The molecule has 8 heteroatoms. The first-order valence-corrected chi connectivity index (χ1v) is 7.58. The van der Waals surface area contributed by atoms with E-state index in [4.69, 9.17) is 4.74 Å². The molecule has 1 amide bonds. The summed E-state index contributed by atoms with van der Waals surface area (Å²) in [4.78, 5) is 12.1. The summed E-state index contributed by atoms with van der Waals surface area (Å²) in [7, 11) is 0. The molecule has 122 valence electrons. The molecule has 0 aromatic heterocycles. The van der Waals surface area contributed by atoms with Crippen molar-refractivity contribution in [3.63, 3.8) is 0 Å². The van der Waals surface area contributed by atoms with Gasteiger partial charge in [-0.05, 0) is 18.2 Å². The molecule has 1 saturated heterocycles. The number of hydrogen-bond donors (Lipinski definition) is 2. The average molecular weight is 398 g/mol. The summed E-state index contributed by atoms with van der Waals surface area (Å²) < 4.78 is 32.7. The molecule has 1 fully saturated rings. The molecule has 2 N–H and O–H groups in total. The zero-order valence-corrected chi connectivity index (χ0v) is 14.0. The highest BCUT2D eigenvalue weighted by Crippen LogP contribution is 2.34. The third-order valence-electron chi connectivity index (χ3n) is 3.75. The van der Waals surface area contributed by atoms with Crippen LogP contribution in [0.3, 0.4) is 0 Å². The smallest absolute Gasteiger partial charge is 0.262 e. The van der Waals surface area contributed by atoms with E-state index in [1.165, 1.54) is 0 Å². The maximum Gasteiger partial charge on any atom is 0.262 e. The number of nitrogens with one attached hydrogen (secondary N) is 2. The van der Waals surface area contributed by atoms with Crippen LogP contribution in [-0.4, -0.2) is 31.0 Å². The molecule has 2 unspecified atom stereocenters. The summed E-state index contributed by atoms with van der Waals surface area (Å²) in [5, 5.41) is 5.42. The summed E-state index contributed by atoms with van der Waals surface area (Å²) in [5.41, 5.74) is 0.869. The fourth-order valence-corrected chi connectivity index (χ4v) is 3.07. The molecule has 2 heterocycles. The molecule has 0 aliphatic carbocycles. The van der Waals surface area contributed by atoms with Gasteiger partial charge in [-0.25, -0.2) is 8.78 Å². The molecule has 1 aromatic rings. The van der Waals surface area contributed by atoms with Gasteiger partial charge in [-0.1, -0.05) is 15.9 Å². The van der Waals surface area contributed by atoms with Crippen LogP contribution in [0.4, 0.5) is 8.78 Å². The molecule has 2 atom stereocenters. The highest BCUT2D eigenvalue weighted by molar-refractivity contribution is 9.10. The van der Waals surface area contributed by atoms with Gasteiger partial charge in [0.05, 0.1) is 25.2 Å². The lowest BCUT2D eigenvalue weighted by molar-refractivity contribution is -0.124. The zero-order valence-electron chi connectivity index (χ0n) is 11.6. The minimum atomic E-state index is -2.81. The van der Waals surface area contributed by atoms with Gasteiger partial charge < -0.3 is 10.1 Å². The van der Waals surface area contributed by atoms with Gasteiger partial charge >= 0.3 is 0 Å². The van der Waals surface area contributed by atoms with Gasteiger partial charge in [0.2, 0.25) is 5.91 Å². The molecule has 2 aliphatic rings. The van der Waals surface area contributed by atoms with Gasteiger partial charge in [-0.2, -0.15) is 0 Å². The number of carbonyl (C=O) groups excluding carboxylic acids is 1. The topological polar surface area (TPSA) is 50.4 Å². The SMILES string of the molecule is Cl.O=C(NC1CCOc2ccc(Br)cc21)C1CC(F)(F)CN1. The molecular weight excluding hydrogens is 382 g/mol. The van der Waals surface area contributed by atoms with E-state index in [1.54, 1.807) is 0 Å². The molecule has 3 rings (SSSR count). The van der Waals surface area contributed by atoms with Crippen LogP contribution in [0, 0.1) is 0 Å². The normalized spacial score (nSPS) is 25.6. The number of ether oxygens (including phenoxy) is 1. The minimum absolute atomic E-state index is 0. The van der Waals surface area contributed by atoms with Crippen molar-refractivity contribution in [3.05, 3.63) is 28.2 Å². The van der Waals surface area contributed by atoms with E-state index in [9.17, 15) is 13.6 Å². The lowest BCUT2D eigenvalue weighted by Gasteiger charge is -2.27. The quantitative estimate of drug-likeness (QED) is 0.807. The fraction of sp³-hybridized carbons (Fsp3) is 0.500. The molecule has 1 aromatic carbocycles. The van der Waals surface area contributed by atoms with Crippen LogP contribution in [0.25, 0.3) is 0 Å². The summed E-state index contributed by atoms with van der Waals surface area (Å²) in [5.74, 6) is -2.47. The Morgan fingerprint density at radius 3 is 2.91 bits per heavy atom. The standard InChI is InChI=1S/C14H15BrF2N2O2.ClH/c15-8-1-2-12-9(5-8)10(3-4-21-12)19-13(20)11-6-14(16,17)7-18-11;/h1-2,5,10-11,18H,3-4,6-7H2,(H,19,20);1H. The lowest BCUT2D eigenvalue weighted by atomic mass is 10.00. The van der Waals surface area contributed by atoms with E-state index in [0.29, 0.717) is 13.0 Å². The number of amides is 1. The Kier molecular flexibility index (Phi) is 5.29. The van der Waals surface area contributed by atoms with E-state index < -0.39 is 24.9 Å². The highest BCUT2D eigenvalue weighted by atomic mass is 79.9. The van der Waals surface area contributed by atoms with Crippen LogP contribution < -0.4 is 15.4 Å². The van der Waals surface area contributed by atoms with Gasteiger partial charge in [0, 0.05) is 22.9 Å². The van der Waals surface area contributed by atoms with Gasteiger partial charge in [0.25, 0.3) is 5.92 Å². The first-order valence-electron chi connectivity index (χ1n) is 6.78. The Morgan fingerprint density at radius 2 is 2.23 bits per heavy atom. The van der Waals surface area contributed by atoms with E-state index in [2.05, 4.69) is 26.6 Å². The monoisotopic (exact) mass is 396 g/mol. The molecule has 4 nitrogen and oxygen atoms in total. The number of alkyl halides is 2. The van der Waals surface area contributed by atoms with E-state index in [-0.39, 0.29) is 24.4 Å². The Bertz CT molecular complexity index is 574. The van der Waals surface area contributed by atoms with Crippen LogP contribution in [0.2, 0.25) is 0 Å². The van der Waals surface area contributed by atoms with Gasteiger partial charge in [0.1, 0.15) is 5.75 Å². The number of halogens is 4. The Morgan fingerprint density at radius 1 is 1.45 bits per heavy atom. The van der Waals surface area contributed by atoms with Gasteiger partial charge in [-0.15, -0.1) is 12.4 Å². The van der Waals surface area contributed by atoms with E-state index in [0.717, 1.165) is 15.8 Å². The highest BCUT2D eigenvalue weighted by Gasteiger charge is 2.42. The summed E-state index contributed by atoms with van der Waals surface area (Å²) >= 11 is 3.39. The van der Waals surface area contributed by atoms with Crippen LogP contribution in [0.15, 0.2) is 22.7 Å². The van der Waals surface area contributed by atoms with Crippen molar-refractivity contribution in [3.8, 4) is 5.75 Å². The second-order valence-corrected chi connectivity index (χ2v) is 6.29.